The van der Waals surface area contributed by atoms with Crippen molar-refractivity contribution in [2.45, 2.75) is 0 Å². The minimum absolute atomic E-state index is 0. The molecule has 0 unspecified atom stereocenters. The van der Waals surface area contributed by atoms with E-state index in [0.717, 1.165) is 24.3 Å². The Bertz CT molecular complexity index is 3610. The molecular weight excluding hydrogens is 1090 g/mol. The number of hydrogen-bond acceptors (Lipinski definition) is 2. The summed E-state index contributed by atoms with van der Waals surface area (Å²) < 4.78 is 313. The van der Waals surface area contributed by atoms with Gasteiger partial charge in [0.25, 0.3) is 0 Å². The minimum Gasteiger partial charge on any atom is -1.00 e. The van der Waals surface area contributed by atoms with Crippen LogP contribution in [0.1, 0.15) is 22.8 Å². The maximum Gasteiger partial charge on any atom is 2.00 e. The fraction of sp³-hybridized carbons (Fsp3) is 0. The molecule has 0 amide bonds. The predicted octanol–water partition coefficient (Wildman–Crippen LogP) is 7.91. The molecule has 27 heteroatoms. The zero-order chi connectivity index (χ0) is 49.3. The van der Waals surface area contributed by atoms with E-state index in [-0.39, 0.29) is 64.7 Å². The second-order valence-corrected chi connectivity index (χ2v) is 14.3. The third-order valence-electron chi connectivity index (χ3n) is 10.5. The van der Waals surface area contributed by atoms with Gasteiger partial charge in [-0.1, -0.05) is 0 Å². The molecule has 8 bridgehead atoms. The van der Waals surface area contributed by atoms with E-state index in [1.165, 1.54) is 18.2 Å². The van der Waals surface area contributed by atoms with Gasteiger partial charge >= 0.3 is 17.1 Å². The van der Waals surface area contributed by atoms with Crippen LogP contribution in [0.3, 0.4) is 0 Å². The molecule has 2 aliphatic heterocycles. The average Bonchev–Trinajstić information content (AvgIpc) is 4.14. The Labute approximate surface area is 402 Å². The van der Waals surface area contributed by atoms with Crippen LogP contribution in [0.2, 0.25) is 0 Å². The summed E-state index contributed by atoms with van der Waals surface area (Å²) in [6.45, 7) is 0. The van der Waals surface area contributed by atoms with Gasteiger partial charge in [0.15, 0.2) is 93.1 Å². The zero-order valence-corrected chi connectivity index (χ0v) is 35.8. The van der Waals surface area contributed by atoms with Crippen LogP contribution in [0, 0.1) is 116 Å². The number of nitrogens with one attached hydrogen (secondary N) is 1. The predicted molar refractivity (Wildman–Crippen MR) is 199 cm³/mol. The third-order valence-corrected chi connectivity index (χ3v) is 10.5. The van der Waals surface area contributed by atoms with Crippen LogP contribution in [0.5, 0.6) is 0 Å². The first-order chi connectivity index (χ1) is 32.1. The van der Waals surface area contributed by atoms with E-state index < -0.39 is 188 Å². The molecule has 3 aromatic heterocycles. The molecule has 1 N–H and O–H groups in total. The first-order valence-electron chi connectivity index (χ1n) is 18.3. The molecule has 368 valence electrons. The summed E-state index contributed by atoms with van der Waals surface area (Å²) in [7, 11) is 0. The number of H-pyrrole nitrogens is 1. The van der Waals surface area contributed by atoms with E-state index in [9.17, 15) is 17.6 Å². The summed E-state index contributed by atoms with van der Waals surface area (Å²) in [4.78, 5) is 10.8. The Morgan fingerprint density at radius 3 is 1.04 bits per heavy atom. The molecule has 0 fully saturated rings. The van der Waals surface area contributed by atoms with Gasteiger partial charge in [0, 0.05) is 27.7 Å². The third kappa shape index (κ3) is 7.98. The van der Waals surface area contributed by atoms with E-state index in [2.05, 4.69) is 15.0 Å². The molecule has 9 rings (SSSR count). The zero-order valence-electron chi connectivity index (χ0n) is 33.2. The van der Waals surface area contributed by atoms with Crippen LogP contribution >= 0.6 is 0 Å². The molecular formula is C44H10Cl2F20FeN4. The van der Waals surface area contributed by atoms with Crippen molar-refractivity contribution in [3.63, 3.8) is 0 Å². The monoisotopic (exact) mass is 1100 g/mol. The molecule has 2 aliphatic rings. The molecule has 0 aliphatic carbocycles. The van der Waals surface area contributed by atoms with Crippen molar-refractivity contribution in [1.82, 2.24) is 19.5 Å². The van der Waals surface area contributed by atoms with Crippen molar-refractivity contribution in [3.8, 4) is 39.1 Å². The van der Waals surface area contributed by atoms with Crippen LogP contribution < -0.4 is 24.8 Å². The average molecular weight is 1100 g/mol. The van der Waals surface area contributed by atoms with Crippen LogP contribution in [-0.4, -0.2) is 19.5 Å². The maximum atomic E-state index is 16.5. The quantitative estimate of drug-likeness (QED) is 0.0845. The molecule has 0 saturated heterocycles. The Morgan fingerprint density at radius 2 is 0.634 bits per heavy atom. The smallest absolute Gasteiger partial charge is 1.00 e. The van der Waals surface area contributed by atoms with Gasteiger partial charge in [-0.3, -0.25) is 0 Å². The number of halogens is 22. The SMILES string of the molecule is Fc1c(F)c(F)c(-c2c(-c3c(F)c(F)c(F)c(F)c3F)c3c(-c4c(F)c(F)c(F)c(F)c4F)c4nc(cc5ccc(cc6nc(cc2n3-c2c(F)c(F)c(F)c(F)c2F)C=C6)[nH]5)C=C4)c(F)c1F.[Cl-].[Cl-].[Fe+2]. The summed E-state index contributed by atoms with van der Waals surface area (Å²) in [6, 6.07) is 5.15. The summed E-state index contributed by atoms with van der Waals surface area (Å²) in [6.07, 6.45) is 3.17. The topological polar surface area (TPSA) is 46.5 Å². The molecule has 4 aromatic carbocycles. The normalized spacial score (nSPS) is 11.8. The fourth-order valence-electron chi connectivity index (χ4n) is 7.53. The molecule has 5 heterocycles. The summed E-state index contributed by atoms with van der Waals surface area (Å²) in [5.41, 5.74) is -24.1. The van der Waals surface area contributed by atoms with Gasteiger partial charge in [-0.15, -0.1) is 0 Å². The van der Waals surface area contributed by atoms with Crippen LogP contribution in [0.15, 0.2) is 30.3 Å². The number of hydrogen-bond donors (Lipinski definition) is 1. The molecule has 71 heavy (non-hydrogen) atoms. The van der Waals surface area contributed by atoms with Crippen LogP contribution in [0.4, 0.5) is 87.8 Å². The van der Waals surface area contributed by atoms with Gasteiger partial charge in [-0.05, 0) is 54.6 Å². The van der Waals surface area contributed by atoms with Gasteiger partial charge in [0.1, 0.15) is 5.69 Å². The molecule has 0 spiro atoms. The van der Waals surface area contributed by atoms with E-state index >= 15 is 70.2 Å². The Morgan fingerprint density at radius 1 is 0.324 bits per heavy atom. The van der Waals surface area contributed by atoms with Gasteiger partial charge < -0.3 is 34.4 Å². The number of rotatable bonds is 4. The summed E-state index contributed by atoms with van der Waals surface area (Å²) in [5, 5.41) is 0. The number of aromatic amines is 1. The van der Waals surface area contributed by atoms with Crippen molar-refractivity contribution in [2.75, 3.05) is 0 Å². The Balaban J connectivity index is 0.00000275. The number of aromatic nitrogens is 4. The fourth-order valence-corrected chi connectivity index (χ4v) is 7.53. The molecule has 0 atom stereocenters. The van der Waals surface area contributed by atoms with Gasteiger partial charge in [0.2, 0.25) is 23.3 Å². The van der Waals surface area contributed by atoms with Crippen molar-refractivity contribution < 1.29 is 130 Å². The van der Waals surface area contributed by atoms with Crippen LogP contribution in [-0.2, 0) is 17.1 Å². The number of benzene rings is 4. The van der Waals surface area contributed by atoms with Crippen molar-refractivity contribution in [3.05, 3.63) is 169 Å². The number of nitrogens with zero attached hydrogens (tertiary/aromatic N) is 3. The van der Waals surface area contributed by atoms with Crippen molar-refractivity contribution in [2.24, 2.45) is 0 Å². The van der Waals surface area contributed by atoms with Crippen LogP contribution in [0.25, 0.3) is 85.4 Å². The Hall–Kier alpha value is -6.82. The minimum atomic E-state index is -3.15. The Kier molecular flexibility index (Phi) is 14.4. The van der Waals surface area contributed by atoms with E-state index in [0.29, 0.717) is 6.08 Å². The standard InChI is InChI=1S/C44H10F20N4.2ClH.Fe/c45-23-20(24(46)30(52)35(57)29(23)51)17-15-6-5-13(67-15)8-12-2-1-10(65-12)7-11-3-4-14(66-11)9-16-18(21-25(47)31(53)36(58)32(54)26(21)48)19(22-27(49)33(55)37(59)34(56)28(22)50)43(17)68(16)44-41(63)39(61)38(60)40(62)42(44)64;;;/h1-9,65H;2*1H;/q;;;+2/p-2. The van der Waals surface area contributed by atoms with Gasteiger partial charge in [-0.25, -0.2) is 97.8 Å². The second-order valence-electron chi connectivity index (χ2n) is 14.3. The van der Waals surface area contributed by atoms with E-state index in [4.69, 9.17) is 0 Å². The molecule has 0 radical (unpaired) electrons. The van der Waals surface area contributed by atoms with E-state index in [1.54, 1.807) is 0 Å². The van der Waals surface area contributed by atoms with Gasteiger partial charge in [-0.2, -0.15) is 0 Å². The molecule has 0 saturated carbocycles. The largest absolute Gasteiger partial charge is 2.00 e. The molecule has 4 nitrogen and oxygen atoms in total. The first-order valence-corrected chi connectivity index (χ1v) is 18.3. The number of fused-ring (bicyclic) bond motifs is 8. The van der Waals surface area contributed by atoms with E-state index in [1.807, 2.05) is 0 Å². The van der Waals surface area contributed by atoms with Gasteiger partial charge in [0.05, 0.1) is 50.5 Å². The second kappa shape index (κ2) is 19.1. The first kappa shape index (κ1) is 53.5. The summed E-state index contributed by atoms with van der Waals surface area (Å²) in [5.74, 6) is -61.3. The van der Waals surface area contributed by atoms with Crippen molar-refractivity contribution >= 4 is 46.4 Å². The van der Waals surface area contributed by atoms with Crippen molar-refractivity contribution in [1.29, 1.82) is 0 Å². The maximum absolute atomic E-state index is 16.5. The summed E-state index contributed by atoms with van der Waals surface area (Å²) >= 11 is 0. The molecule has 7 aromatic rings.